The van der Waals surface area contributed by atoms with E-state index in [9.17, 15) is 13.9 Å². The van der Waals surface area contributed by atoms with E-state index in [-0.39, 0.29) is 19.0 Å². The molecule has 1 atom stereocenters. The molecule has 0 saturated heterocycles. The maximum atomic E-state index is 13.8. The minimum Gasteiger partial charge on any atom is -0.438 e. The van der Waals surface area contributed by atoms with Gasteiger partial charge in [-0.25, -0.2) is 13.5 Å². The fourth-order valence-electron chi connectivity index (χ4n) is 3.60. The van der Waals surface area contributed by atoms with E-state index in [1.165, 1.54) is 24.3 Å². The van der Waals surface area contributed by atoms with Crippen molar-refractivity contribution in [2.45, 2.75) is 32.9 Å². The number of aromatic nitrogens is 2. The molecule has 1 heterocycles. The summed E-state index contributed by atoms with van der Waals surface area (Å²) in [7, 11) is 0. The molecule has 8 heteroatoms. The minimum atomic E-state index is -0.722. The molecule has 0 aliphatic rings. The molecule has 0 aliphatic carbocycles. The first-order chi connectivity index (χ1) is 16.4. The second kappa shape index (κ2) is 12.3. The number of benzene rings is 2. The molecular formula is C26H29F2N3O3. The third-order valence-electron chi connectivity index (χ3n) is 5.11. The Morgan fingerprint density at radius 2 is 1.94 bits per heavy atom. The van der Waals surface area contributed by atoms with Crippen LogP contribution < -0.4 is 4.74 Å². The van der Waals surface area contributed by atoms with Crippen molar-refractivity contribution >= 4 is 0 Å². The average Bonchev–Trinajstić information content (AvgIpc) is 3.09. The van der Waals surface area contributed by atoms with Crippen molar-refractivity contribution in [1.82, 2.24) is 14.7 Å². The fraction of sp³-hybridized carbons (Fsp3) is 0.346. The van der Waals surface area contributed by atoms with Gasteiger partial charge in [-0.15, -0.1) is 6.42 Å². The molecule has 0 radical (unpaired) electrons. The number of terminal acetylenes is 1. The number of ether oxygens (including phenoxy) is 2. The summed E-state index contributed by atoms with van der Waals surface area (Å²) >= 11 is 0. The summed E-state index contributed by atoms with van der Waals surface area (Å²) in [5, 5.41) is 15.0. The third kappa shape index (κ3) is 6.87. The number of rotatable bonds is 12. The second-order valence-corrected chi connectivity index (χ2v) is 7.92. The van der Waals surface area contributed by atoms with Gasteiger partial charge in [0.1, 0.15) is 24.0 Å². The van der Waals surface area contributed by atoms with E-state index in [1.54, 1.807) is 28.9 Å². The lowest BCUT2D eigenvalue weighted by Crippen LogP contribution is -2.35. The number of hydrogen-bond donors (Lipinski definition) is 1. The van der Waals surface area contributed by atoms with Gasteiger partial charge >= 0.3 is 0 Å². The predicted molar refractivity (Wildman–Crippen MR) is 126 cm³/mol. The van der Waals surface area contributed by atoms with Crippen molar-refractivity contribution in [2.75, 3.05) is 26.3 Å². The van der Waals surface area contributed by atoms with Gasteiger partial charge in [-0.3, -0.25) is 4.90 Å². The first-order valence-electron chi connectivity index (χ1n) is 11.1. The zero-order chi connectivity index (χ0) is 24.5. The van der Waals surface area contributed by atoms with Crippen LogP contribution in [0.25, 0.3) is 5.69 Å². The Balaban J connectivity index is 1.94. The second-order valence-electron chi connectivity index (χ2n) is 7.92. The van der Waals surface area contributed by atoms with Crippen LogP contribution in [0.1, 0.15) is 24.6 Å². The van der Waals surface area contributed by atoms with Gasteiger partial charge in [0.15, 0.2) is 0 Å². The van der Waals surface area contributed by atoms with E-state index in [2.05, 4.69) is 15.9 Å². The zero-order valence-corrected chi connectivity index (χ0v) is 19.4. The lowest BCUT2D eigenvalue weighted by Gasteiger charge is -2.25. The average molecular weight is 470 g/mol. The van der Waals surface area contributed by atoms with Crippen LogP contribution in [-0.2, 0) is 11.3 Å². The zero-order valence-electron chi connectivity index (χ0n) is 19.4. The quantitative estimate of drug-likeness (QED) is 0.313. The Bertz CT molecular complexity index is 1110. The molecule has 2 aromatic carbocycles. The summed E-state index contributed by atoms with van der Waals surface area (Å²) in [4.78, 5) is 2.07. The van der Waals surface area contributed by atoms with Crippen LogP contribution >= 0.6 is 0 Å². The van der Waals surface area contributed by atoms with E-state index in [4.69, 9.17) is 15.9 Å². The van der Waals surface area contributed by atoms with Gasteiger partial charge in [-0.05, 0) is 56.3 Å². The number of aryl methyl sites for hydroxylation is 1. The normalized spacial score (nSPS) is 12.0. The van der Waals surface area contributed by atoms with Crippen molar-refractivity contribution in [1.29, 1.82) is 0 Å². The Morgan fingerprint density at radius 3 is 2.62 bits per heavy atom. The maximum absolute atomic E-state index is 13.8. The van der Waals surface area contributed by atoms with Crippen LogP contribution in [0.2, 0.25) is 0 Å². The van der Waals surface area contributed by atoms with E-state index in [0.29, 0.717) is 42.6 Å². The minimum absolute atomic E-state index is 0.130. The molecule has 0 amide bonds. The molecule has 0 bridgehead atoms. The van der Waals surface area contributed by atoms with E-state index >= 15 is 0 Å². The largest absolute Gasteiger partial charge is 0.438 e. The number of aliphatic hydroxyl groups is 1. The molecule has 0 saturated carbocycles. The van der Waals surface area contributed by atoms with Crippen molar-refractivity contribution in [2.24, 2.45) is 0 Å². The number of nitrogens with zero attached hydrogens (tertiary/aromatic N) is 3. The number of halogens is 2. The Hall–Kier alpha value is -3.25. The third-order valence-corrected chi connectivity index (χ3v) is 5.11. The maximum Gasteiger partial charge on any atom is 0.227 e. The standard InChI is InChI=1S/C26H29F2N3O3/c1-4-13-30(16-23(32)18-33-14-5-2)17-25-19(3)29-31(22-11-9-20(27)10-12-22)26(25)34-24-8-6-7-21(28)15-24/h2,6-12,15,23,32H,4,13-14,16-18H2,1,3H3. The van der Waals surface area contributed by atoms with Crippen LogP contribution in [0.4, 0.5) is 8.78 Å². The summed E-state index contributed by atoms with van der Waals surface area (Å²) in [6.45, 7) is 5.67. The van der Waals surface area contributed by atoms with Gasteiger partial charge in [0.25, 0.3) is 0 Å². The van der Waals surface area contributed by atoms with Crippen molar-refractivity contribution < 1.29 is 23.4 Å². The molecule has 0 fully saturated rings. The topological polar surface area (TPSA) is 59.8 Å². The van der Waals surface area contributed by atoms with Crippen molar-refractivity contribution in [3.63, 3.8) is 0 Å². The molecule has 180 valence electrons. The first-order valence-corrected chi connectivity index (χ1v) is 11.1. The molecular weight excluding hydrogens is 440 g/mol. The van der Waals surface area contributed by atoms with E-state index in [0.717, 1.165) is 12.0 Å². The summed E-state index contributed by atoms with van der Waals surface area (Å²) < 4.78 is 40.3. The molecule has 0 aliphatic heterocycles. The summed E-state index contributed by atoms with van der Waals surface area (Å²) in [5.74, 6) is 2.30. The van der Waals surface area contributed by atoms with Crippen LogP contribution in [0.15, 0.2) is 48.5 Å². The summed E-state index contributed by atoms with van der Waals surface area (Å²) in [6, 6.07) is 11.7. The van der Waals surface area contributed by atoms with Gasteiger partial charge in [-0.1, -0.05) is 18.9 Å². The lowest BCUT2D eigenvalue weighted by atomic mass is 10.2. The first kappa shape index (κ1) is 25.4. The molecule has 34 heavy (non-hydrogen) atoms. The molecule has 1 unspecified atom stereocenters. The van der Waals surface area contributed by atoms with Gasteiger partial charge in [0.2, 0.25) is 5.88 Å². The Labute approximate surface area is 198 Å². The molecule has 1 aromatic heterocycles. The Morgan fingerprint density at radius 1 is 1.18 bits per heavy atom. The predicted octanol–water partition coefficient (Wildman–Crippen LogP) is 4.47. The van der Waals surface area contributed by atoms with E-state index in [1.807, 2.05) is 13.8 Å². The molecule has 3 rings (SSSR count). The highest BCUT2D eigenvalue weighted by atomic mass is 19.1. The highest BCUT2D eigenvalue weighted by Gasteiger charge is 2.22. The van der Waals surface area contributed by atoms with Gasteiger partial charge in [0.05, 0.1) is 29.7 Å². The van der Waals surface area contributed by atoms with E-state index < -0.39 is 11.9 Å². The van der Waals surface area contributed by atoms with Crippen molar-refractivity contribution in [3.8, 4) is 29.7 Å². The van der Waals surface area contributed by atoms with Crippen molar-refractivity contribution in [3.05, 3.63) is 71.4 Å². The highest BCUT2D eigenvalue weighted by Crippen LogP contribution is 2.32. The van der Waals surface area contributed by atoms with Crippen LogP contribution in [0.3, 0.4) is 0 Å². The summed E-state index contributed by atoms with van der Waals surface area (Å²) in [5.41, 5.74) is 2.08. The van der Waals surface area contributed by atoms with Gasteiger partial charge < -0.3 is 14.6 Å². The lowest BCUT2D eigenvalue weighted by molar-refractivity contribution is 0.0259. The highest BCUT2D eigenvalue weighted by molar-refractivity contribution is 5.43. The van der Waals surface area contributed by atoms with Crippen LogP contribution in [-0.4, -0.2) is 52.2 Å². The van der Waals surface area contributed by atoms with Crippen LogP contribution in [0.5, 0.6) is 11.6 Å². The molecule has 6 nitrogen and oxygen atoms in total. The smallest absolute Gasteiger partial charge is 0.227 e. The Kier molecular flexibility index (Phi) is 9.16. The molecule has 3 aromatic rings. The van der Waals surface area contributed by atoms with Gasteiger partial charge in [0, 0.05) is 19.2 Å². The summed E-state index contributed by atoms with van der Waals surface area (Å²) in [6.07, 6.45) is 5.34. The SMILES string of the molecule is C#CCOCC(O)CN(CCC)Cc1c(C)nn(-c2ccc(F)cc2)c1Oc1cccc(F)c1. The number of hydrogen-bond acceptors (Lipinski definition) is 5. The number of aliphatic hydroxyl groups excluding tert-OH is 1. The van der Waals surface area contributed by atoms with Gasteiger partial charge in [-0.2, -0.15) is 5.10 Å². The van der Waals surface area contributed by atoms with Crippen LogP contribution in [0, 0.1) is 30.9 Å². The monoisotopic (exact) mass is 469 g/mol. The molecule has 0 spiro atoms. The molecule has 1 N–H and O–H groups in total. The fourth-order valence-corrected chi connectivity index (χ4v) is 3.60.